The van der Waals surface area contributed by atoms with Gasteiger partial charge in [0, 0.05) is 6.20 Å². The first-order valence-corrected chi connectivity index (χ1v) is 10.2. The van der Waals surface area contributed by atoms with Gasteiger partial charge in [-0.2, -0.15) is 4.57 Å². The lowest BCUT2D eigenvalue weighted by Crippen LogP contribution is -2.30. The molecule has 30 heavy (non-hydrogen) atoms. The Balaban J connectivity index is 1.79. The Kier molecular flexibility index (Phi) is 4.44. The van der Waals surface area contributed by atoms with Crippen molar-refractivity contribution in [2.45, 2.75) is 13.8 Å². The summed E-state index contributed by atoms with van der Waals surface area (Å²) >= 11 is 0. The van der Waals surface area contributed by atoms with E-state index in [1.54, 1.807) is 0 Å². The van der Waals surface area contributed by atoms with E-state index in [1.807, 2.05) is 12.3 Å². The monoisotopic (exact) mass is 390 g/mol. The Hall–Kier alpha value is -3.72. The maximum Gasteiger partial charge on any atom is 0.296 e. The zero-order chi connectivity index (χ0) is 20.7. The smallest absolute Gasteiger partial charge is 0.261 e. The molecule has 0 unspecified atom stereocenters. The van der Waals surface area contributed by atoms with E-state index < -0.39 is 0 Å². The van der Waals surface area contributed by atoms with Gasteiger partial charge in [0.05, 0.1) is 18.3 Å². The van der Waals surface area contributed by atoms with Gasteiger partial charge in [0.15, 0.2) is 11.0 Å². The normalized spacial score (nSPS) is 11.2. The molecule has 0 saturated carbocycles. The van der Waals surface area contributed by atoms with Gasteiger partial charge in [-0.1, -0.05) is 48.5 Å². The predicted molar refractivity (Wildman–Crippen MR) is 123 cm³/mol. The van der Waals surface area contributed by atoms with Gasteiger partial charge >= 0.3 is 0 Å². The minimum atomic E-state index is 1.02. The maximum atomic E-state index is 4.55. The maximum absolute atomic E-state index is 4.55. The van der Waals surface area contributed by atoms with Gasteiger partial charge in [-0.25, -0.2) is 4.57 Å². The molecule has 0 amide bonds. The summed E-state index contributed by atoms with van der Waals surface area (Å²) in [6, 6.07) is 30.0. The van der Waals surface area contributed by atoms with Gasteiger partial charge < -0.3 is 0 Å². The van der Waals surface area contributed by atoms with Gasteiger partial charge in [-0.15, -0.1) is 0 Å². The van der Waals surface area contributed by atoms with Crippen LogP contribution in [0.2, 0.25) is 0 Å². The summed E-state index contributed by atoms with van der Waals surface area (Å²) in [5.41, 5.74) is 9.44. The summed E-state index contributed by atoms with van der Waals surface area (Å²) < 4.78 is 4.63. The lowest BCUT2D eigenvalue weighted by atomic mass is 10.0. The highest BCUT2D eigenvalue weighted by Gasteiger charge is 2.27. The van der Waals surface area contributed by atoms with Gasteiger partial charge in [0.1, 0.15) is 5.69 Å². The molecular formula is C27H24N3+. The molecule has 5 aromatic rings. The van der Waals surface area contributed by atoms with Crippen LogP contribution in [-0.2, 0) is 7.05 Å². The fraction of sp³-hybridized carbons (Fsp3) is 0.111. The first kappa shape index (κ1) is 18.3. The molecular weight excluding hydrogens is 366 g/mol. The lowest BCUT2D eigenvalue weighted by molar-refractivity contribution is -0.633. The third-order valence-corrected chi connectivity index (χ3v) is 5.81. The van der Waals surface area contributed by atoms with Crippen molar-refractivity contribution in [3.63, 3.8) is 0 Å². The summed E-state index contributed by atoms with van der Waals surface area (Å²) in [4.78, 5) is 4.55. The Bertz CT molecular complexity index is 1360. The van der Waals surface area contributed by atoms with Crippen LogP contribution in [0.3, 0.4) is 0 Å². The number of hydrogen-bond acceptors (Lipinski definition) is 1. The van der Waals surface area contributed by atoms with Gasteiger partial charge in [0.25, 0.3) is 5.82 Å². The van der Waals surface area contributed by atoms with Crippen LogP contribution in [0.5, 0.6) is 0 Å². The number of para-hydroxylation sites is 2. The predicted octanol–water partition coefficient (Wildman–Crippen LogP) is 5.80. The molecule has 0 aliphatic heterocycles. The van der Waals surface area contributed by atoms with Crippen molar-refractivity contribution in [1.82, 2.24) is 9.55 Å². The molecule has 146 valence electrons. The van der Waals surface area contributed by atoms with Crippen LogP contribution in [0, 0.1) is 13.8 Å². The summed E-state index contributed by atoms with van der Waals surface area (Å²) in [5.74, 6) is 1.14. The molecule has 2 aromatic heterocycles. The van der Waals surface area contributed by atoms with E-state index in [1.165, 1.54) is 33.4 Å². The zero-order valence-electron chi connectivity index (χ0n) is 17.5. The first-order chi connectivity index (χ1) is 14.6. The Morgan fingerprint density at radius 3 is 2.30 bits per heavy atom. The fourth-order valence-corrected chi connectivity index (χ4v) is 4.30. The second kappa shape index (κ2) is 7.27. The first-order valence-electron chi connectivity index (χ1n) is 10.2. The van der Waals surface area contributed by atoms with Crippen molar-refractivity contribution in [3.8, 4) is 28.2 Å². The molecule has 0 spiro atoms. The molecule has 0 N–H and O–H groups in total. The Labute approximate surface area is 176 Å². The van der Waals surface area contributed by atoms with Crippen LogP contribution >= 0.6 is 0 Å². The molecule has 0 aliphatic carbocycles. The third-order valence-electron chi connectivity index (χ3n) is 5.81. The van der Waals surface area contributed by atoms with Crippen LogP contribution < -0.4 is 4.57 Å². The Morgan fingerprint density at radius 1 is 0.767 bits per heavy atom. The van der Waals surface area contributed by atoms with Crippen molar-refractivity contribution in [2.24, 2.45) is 7.05 Å². The number of pyridine rings is 1. The van der Waals surface area contributed by atoms with Gasteiger partial charge in [-0.3, -0.25) is 4.98 Å². The van der Waals surface area contributed by atoms with E-state index in [0.29, 0.717) is 0 Å². The quantitative estimate of drug-likeness (QED) is 0.357. The minimum Gasteiger partial charge on any atom is -0.261 e. The molecule has 0 aliphatic rings. The second-order valence-electron chi connectivity index (χ2n) is 7.71. The van der Waals surface area contributed by atoms with Gasteiger partial charge in [0.2, 0.25) is 0 Å². The number of nitrogens with zero attached hydrogens (tertiary/aromatic N) is 3. The standard InChI is InChI=1S/C27H24N3/c1-19-18-22(21-10-5-4-6-11-21)15-16-24(19)30-26-14-8-7-13-25(26)29(3)27(30)23-12-9-17-28-20(23)2/h4-18H,1-3H3/q+1. The largest absolute Gasteiger partial charge is 0.296 e. The van der Waals surface area contributed by atoms with Crippen molar-refractivity contribution in [3.05, 3.63) is 102 Å². The summed E-state index contributed by atoms with van der Waals surface area (Å²) in [7, 11) is 2.13. The summed E-state index contributed by atoms with van der Waals surface area (Å²) in [6.07, 6.45) is 1.85. The van der Waals surface area contributed by atoms with E-state index >= 15 is 0 Å². The van der Waals surface area contributed by atoms with E-state index in [2.05, 4.69) is 114 Å². The van der Waals surface area contributed by atoms with E-state index in [9.17, 15) is 0 Å². The molecule has 0 fully saturated rings. The Morgan fingerprint density at radius 2 is 1.53 bits per heavy atom. The molecule has 3 heteroatoms. The minimum absolute atomic E-state index is 1.02. The van der Waals surface area contributed by atoms with E-state index in [-0.39, 0.29) is 0 Å². The summed E-state index contributed by atoms with van der Waals surface area (Å²) in [6.45, 7) is 4.26. The average Bonchev–Trinajstić information content (AvgIpc) is 3.07. The average molecular weight is 391 g/mol. The van der Waals surface area contributed by atoms with Crippen LogP contribution in [0.4, 0.5) is 0 Å². The number of hydrogen-bond donors (Lipinski definition) is 0. The molecule has 3 aromatic carbocycles. The van der Waals surface area contributed by atoms with Crippen molar-refractivity contribution >= 4 is 11.0 Å². The van der Waals surface area contributed by atoms with E-state index in [4.69, 9.17) is 0 Å². The lowest BCUT2D eigenvalue weighted by Gasteiger charge is -2.10. The topological polar surface area (TPSA) is 21.7 Å². The number of imidazole rings is 1. The number of rotatable bonds is 3. The van der Waals surface area contributed by atoms with Crippen molar-refractivity contribution in [1.29, 1.82) is 0 Å². The second-order valence-corrected chi connectivity index (χ2v) is 7.71. The van der Waals surface area contributed by atoms with Crippen LogP contribution in [-0.4, -0.2) is 9.55 Å². The zero-order valence-corrected chi connectivity index (χ0v) is 17.5. The molecule has 0 bridgehead atoms. The van der Waals surface area contributed by atoms with Crippen LogP contribution in [0.1, 0.15) is 11.3 Å². The number of benzene rings is 3. The third kappa shape index (κ3) is 2.91. The molecule has 5 rings (SSSR count). The van der Waals surface area contributed by atoms with Crippen LogP contribution in [0.25, 0.3) is 39.2 Å². The van der Waals surface area contributed by atoms with E-state index in [0.717, 1.165) is 17.1 Å². The van der Waals surface area contributed by atoms with Crippen molar-refractivity contribution < 1.29 is 4.57 Å². The summed E-state index contributed by atoms with van der Waals surface area (Å²) in [5, 5.41) is 0. The van der Waals surface area contributed by atoms with Gasteiger partial charge in [-0.05, 0) is 66.9 Å². The number of aryl methyl sites for hydroxylation is 3. The number of aromatic nitrogens is 3. The molecule has 2 heterocycles. The highest BCUT2D eigenvalue weighted by molar-refractivity contribution is 5.80. The SMILES string of the molecule is Cc1cc(-c2ccccc2)ccc1-n1c(-c2cccnc2C)[n+](C)c2ccccc21. The van der Waals surface area contributed by atoms with Crippen LogP contribution in [0.15, 0.2) is 91.1 Å². The van der Waals surface area contributed by atoms with Crippen molar-refractivity contribution in [2.75, 3.05) is 0 Å². The fourth-order valence-electron chi connectivity index (χ4n) is 4.30. The molecule has 0 radical (unpaired) electrons. The highest BCUT2D eigenvalue weighted by atomic mass is 15.2. The highest BCUT2D eigenvalue weighted by Crippen LogP contribution is 2.31. The number of fused-ring (bicyclic) bond motifs is 1. The molecule has 0 saturated heterocycles. The molecule has 0 atom stereocenters. The molecule has 3 nitrogen and oxygen atoms in total.